The Labute approximate surface area is 263 Å². The molecular formula is C38H14N6S. The molecule has 0 saturated heterocycles. The maximum absolute atomic E-state index is 10.0. The minimum atomic E-state index is -0.0263. The van der Waals surface area contributed by atoms with Crippen LogP contribution >= 0.6 is 11.3 Å². The van der Waals surface area contributed by atoms with Gasteiger partial charge in [0, 0.05) is 32.0 Å². The van der Waals surface area contributed by atoms with Crippen molar-refractivity contribution in [2.75, 3.05) is 0 Å². The fourth-order valence-electron chi connectivity index (χ4n) is 6.05. The van der Waals surface area contributed by atoms with Gasteiger partial charge in [0.05, 0.1) is 43.5 Å². The highest BCUT2D eigenvalue weighted by atomic mass is 32.1. The molecule has 45 heavy (non-hydrogen) atoms. The van der Waals surface area contributed by atoms with Crippen LogP contribution in [-0.4, -0.2) is 0 Å². The number of nitriles is 3. The van der Waals surface area contributed by atoms with Crippen LogP contribution in [0.15, 0.2) is 96.3 Å². The summed E-state index contributed by atoms with van der Waals surface area (Å²) in [6.07, 6.45) is 0. The van der Waals surface area contributed by atoms with Crippen LogP contribution < -0.4 is 0 Å². The Morgan fingerprint density at radius 3 is 1.40 bits per heavy atom. The number of thiophene rings is 1. The third-order valence-corrected chi connectivity index (χ3v) is 9.29. The summed E-state index contributed by atoms with van der Waals surface area (Å²) in [4.78, 5) is 12.2. The first-order valence-electron chi connectivity index (χ1n) is 13.5. The second kappa shape index (κ2) is 10.4. The van der Waals surface area contributed by atoms with Crippen molar-refractivity contribution < 1.29 is 0 Å². The fourth-order valence-corrected chi connectivity index (χ4v) is 7.50. The molecule has 2 aliphatic carbocycles. The van der Waals surface area contributed by atoms with Crippen LogP contribution in [0, 0.1) is 53.7 Å². The summed E-state index contributed by atoms with van der Waals surface area (Å²) >= 11 is 1.40. The molecule has 1 heterocycles. The molecule has 0 N–H and O–H groups in total. The minimum Gasteiger partial charge on any atom is -0.238 e. The van der Waals surface area contributed by atoms with Crippen molar-refractivity contribution in [1.29, 1.82) is 15.8 Å². The van der Waals surface area contributed by atoms with Crippen LogP contribution in [0.3, 0.4) is 0 Å². The molecule has 0 spiro atoms. The van der Waals surface area contributed by atoms with Crippen LogP contribution in [0.1, 0.15) is 26.4 Å². The molecule has 0 saturated carbocycles. The molecule has 0 aliphatic heterocycles. The van der Waals surface area contributed by atoms with Gasteiger partial charge < -0.3 is 0 Å². The van der Waals surface area contributed by atoms with Crippen molar-refractivity contribution in [2.45, 2.75) is 0 Å². The number of allylic oxidation sites excluding steroid dienone is 2. The van der Waals surface area contributed by atoms with Gasteiger partial charge in [0.1, 0.15) is 0 Å². The second-order valence-electron chi connectivity index (χ2n) is 10.3. The Bertz CT molecular complexity index is 2260. The molecule has 0 amide bonds. The molecule has 202 valence electrons. The van der Waals surface area contributed by atoms with Gasteiger partial charge in [-0.3, -0.25) is 0 Å². The van der Waals surface area contributed by atoms with E-state index in [9.17, 15) is 15.8 Å². The van der Waals surface area contributed by atoms with Crippen molar-refractivity contribution in [3.8, 4) is 62.7 Å². The zero-order chi connectivity index (χ0) is 31.2. The molecule has 0 bridgehead atoms. The average molecular weight is 587 g/mol. The van der Waals surface area contributed by atoms with Crippen molar-refractivity contribution in [3.05, 3.63) is 157 Å². The largest absolute Gasteiger partial charge is 0.271 e. The minimum absolute atomic E-state index is 0.0250. The molecule has 6 nitrogen and oxygen atoms in total. The van der Waals surface area contributed by atoms with Crippen LogP contribution in [0.4, 0.5) is 5.69 Å². The van der Waals surface area contributed by atoms with E-state index in [1.165, 1.54) is 11.3 Å². The summed E-state index contributed by atoms with van der Waals surface area (Å²) in [6.45, 7) is 22.9. The van der Waals surface area contributed by atoms with Gasteiger partial charge in [0.25, 0.3) is 11.4 Å². The lowest BCUT2D eigenvalue weighted by atomic mass is 9.94. The smallest absolute Gasteiger partial charge is 0.238 e. The number of benzene rings is 4. The van der Waals surface area contributed by atoms with Gasteiger partial charge in [-0.15, -0.1) is 11.3 Å². The Morgan fingerprint density at radius 2 is 1.00 bits per heavy atom. The number of nitrogens with zero attached hydrogens (tertiary/aromatic N) is 6. The van der Waals surface area contributed by atoms with Gasteiger partial charge in [-0.2, -0.15) is 5.26 Å². The lowest BCUT2D eigenvalue weighted by Gasteiger charge is -2.09. The van der Waals surface area contributed by atoms with E-state index in [-0.39, 0.29) is 11.4 Å². The Hall–Kier alpha value is -7.00. The number of rotatable bonds is 2. The maximum Gasteiger partial charge on any atom is 0.271 e. The van der Waals surface area contributed by atoms with Gasteiger partial charge >= 0.3 is 0 Å². The molecule has 0 radical (unpaired) electrons. The Balaban J connectivity index is 1.49. The molecule has 7 heteroatoms. The number of fused-ring (bicyclic) bond motifs is 7. The summed E-state index contributed by atoms with van der Waals surface area (Å²) in [6, 6.07) is 32.8. The highest BCUT2D eigenvalue weighted by Crippen LogP contribution is 2.62. The topological polar surface area (TPSA) is 84.5 Å². The first kappa shape index (κ1) is 26.9. The first-order valence-corrected chi connectivity index (χ1v) is 14.4. The molecule has 1 aromatic heterocycles. The van der Waals surface area contributed by atoms with E-state index in [1.807, 2.05) is 60.7 Å². The Morgan fingerprint density at radius 1 is 0.556 bits per heavy atom. The highest BCUT2D eigenvalue weighted by molar-refractivity contribution is 7.16. The van der Waals surface area contributed by atoms with E-state index < -0.39 is 0 Å². The third-order valence-electron chi connectivity index (χ3n) is 8.06. The van der Waals surface area contributed by atoms with Crippen molar-refractivity contribution in [1.82, 2.24) is 0 Å². The summed E-state index contributed by atoms with van der Waals surface area (Å²) in [5, 5.41) is 29.3. The van der Waals surface area contributed by atoms with Gasteiger partial charge in [-0.05, 0) is 68.8 Å². The van der Waals surface area contributed by atoms with Crippen LogP contribution in [0.25, 0.3) is 70.2 Å². The molecule has 0 fully saturated rings. The predicted octanol–water partition coefficient (Wildman–Crippen LogP) is 9.87. The van der Waals surface area contributed by atoms with Gasteiger partial charge in [0.2, 0.25) is 0 Å². The number of hydrogen-bond donors (Lipinski definition) is 0. The lowest BCUT2D eigenvalue weighted by Crippen LogP contribution is -1.88. The summed E-state index contributed by atoms with van der Waals surface area (Å²) in [7, 11) is 0. The standard InChI is InChI=1S/C38H14N6S/c1-42-26-12-8-23(9-13-26)25-11-15-28-30(17-25)34(32(20-41)44-3)38-36(28)35-27-14-10-24(22-6-4-21(18-39)5-7-22)16-29(27)33(37(35)45-38)31(19-40)43-2/h4-17H/b33-31-,34-32+. The molecule has 4 aromatic carbocycles. The van der Waals surface area contributed by atoms with Crippen molar-refractivity contribution in [3.63, 3.8) is 0 Å². The van der Waals surface area contributed by atoms with Crippen LogP contribution in [-0.2, 0) is 0 Å². The van der Waals surface area contributed by atoms with Crippen LogP contribution in [0.5, 0.6) is 0 Å². The van der Waals surface area contributed by atoms with E-state index >= 15 is 0 Å². The van der Waals surface area contributed by atoms with Crippen molar-refractivity contribution in [2.24, 2.45) is 0 Å². The zero-order valence-corrected chi connectivity index (χ0v) is 24.0. The Kier molecular flexibility index (Phi) is 6.19. The lowest BCUT2D eigenvalue weighted by molar-refractivity contribution is 1.48. The van der Waals surface area contributed by atoms with E-state index in [4.69, 9.17) is 19.7 Å². The summed E-state index contributed by atoms with van der Waals surface area (Å²) in [5.41, 5.74) is 10.8. The summed E-state index contributed by atoms with van der Waals surface area (Å²) in [5.74, 6) is 0. The molecule has 2 aliphatic rings. The van der Waals surface area contributed by atoms with Gasteiger partial charge in [-0.25, -0.2) is 25.1 Å². The molecule has 7 rings (SSSR count). The fraction of sp³-hybridized carbons (Fsp3) is 0. The average Bonchev–Trinajstić information content (AvgIpc) is 3.72. The maximum atomic E-state index is 10.0. The van der Waals surface area contributed by atoms with Crippen molar-refractivity contribution >= 4 is 28.2 Å². The molecule has 5 aromatic rings. The second-order valence-corrected chi connectivity index (χ2v) is 11.3. The molecule has 0 atom stereocenters. The van der Waals surface area contributed by atoms with E-state index in [0.717, 1.165) is 65.4 Å². The SMILES string of the molecule is [C-]#[N+]/C(C#N)=C1/c2cc(-c3ccc(C#N)cc3)ccc2-c2c1sc1c2-c2ccc(-c3ccc([N+]#[C-])cc3)cc2/C1=C(/C#N)[N+]#[C-]. The monoisotopic (exact) mass is 586 g/mol. The normalized spacial score (nSPS) is 13.7. The van der Waals surface area contributed by atoms with Crippen LogP contribution in [0.2, 0.25) is 0 Å². The van der Waals surface area contributed by atoms with Gasteiger partial charge in [-0.1, -0.05) is 60.7 Å². The zero-order valence-electron chi connectivity index (χ0n) is 23.2. The predicted molar refractivity (Wildman–Crippen MR) is 174 cm³/mol. The molecule has 0 unspecified atom stereocenters. The van der Waals surface area contributed by atoms with Gasteiger partial charge in [0.15, 0.2) is 5.69 Å². The third kappa shape index (κ3) is 3.96. The van der Waals surface area contributed by atoms with E-state index in [0.29, 0.717) is 22.4 Å². The van der Waals surface area contributed by atoms with E-state index in [2.05, 4.69) is 32.7 Å². The first-order chi connectivity index (χ1) is 22.0. The number of hydrogen-bond acceptors (Lipinski definition) is 4. The highest BCUT2D eigenvalue weighted by Gasteiger charge is 2.39. The van der Waals surface area contributed by atoms with E-state index in [1.54, 1.807) is 24.3 Å². The summed E-state index contributed by atoms with van der Waals surface area (Å²) < 4.78 is 0. The quantitative estimate of drug-likeness (QED) is 0.149. The molecular weight excluding hydrogens is 573 g/mol.